The van der Waals surface area contributed by atoms with Crippen molar-refractivity contribution in [3.8, 4) is 0 Å². The summed E-state index contributed by atoms with van der Waals surface area (Å²) in [4.78, 5) is 8.44. The quantitative estimate of drug-likeness (QED) is 0.543. The zero-order chi connectivity index (χ0) is 8.55. The summed E-state index contributed by atoms with van der Waals surface area (Å²) < 4.78 is 0.966. The van der Waals surface area contributed by atoms with Gasteiger partial charge in [-0.05, 0) is 47.2 Å². The Balaban J connectivity index is 2.94. The highest BCUT2D eigenvalue weighted by Gasteiger charge is 2.00. The Morgan fingerprint density at radius 2 is 1.92 bits per heavy atom. The summed E-state index contributed by atoms with van der Waals surface area (Å²) in [6.07, 6.45) is 3.64. The van der Waals surface area contributed by atoms with E-state index >= 15 is 0 Å². The molecule has 3 heteroatoms. The third-order valence-electron chi connectivity index (χ3n) is 1.83. The first kappa shape index (κ1) is 7.91. The average molecular weight is 270 g/mol. The molecule has 0 aliphatic heterocycles. The normalized spacial score (nSPS) is 10.5. The Hall–Kier alpha value is -0.710. The number of aryl methyl sites for hydroxylation is 1. The molecule has 0 unspecified atom stereocenters. The molecule has 2 rings (SSSR count). The standard InChI is InChI=1S/C9H7IN2/c1-6-2-4-11-8-7(6)3-5-12-9(8)10/h2-5H,1H3. The molecule has 0 spiro atoms. The van der Waals surface area contributed by atoms with Crippen LogP contribution in [0.1, 0.15) is 5.56 Å². The van der Waals surface area contributed by atoms with Crippen LogP contribution < -0.4 is 0 Å². The van der Waals surface area contributed by atoms with Gasteiger partial charge in [0.15, 0.2) is 0 Å². The van der Waals surface area contributed by atoms with Gasteiger partial charge in [0, 0.05) is 17.8 Å². The molecule has 0 aliphatic rings. The lowest BCUT2D eigenvalue weighted by atomic mass is 10.2. The van der Waals surface area contributed by atoms with Crippen LogP contribution in [0, 0.1) is 10.6 Å². The van der Waals surface area contributed by atoms with Crippen LogP contribution in [0.4, 0.5) is 0 Å². The predicted octanol–water partition coefficient (Wildman–Crippen LogP) is 2.54. The Labute approximate surface area is 84.2 Å². The molecule has 0 saturated carbocycles. The summed E-state index contributed by atoms with van der Waals surface area (Å²) in [7, 11) is 0. The number of hydrogen-bond donors (Lipinski definition) is 0. The van der Waals surface area contributed by atoms with Gasteiger partial charge < -0.3 is 0 Å². The van der Waals surface area contributed by atoms with Crippen LogP contribution in [0.15, 0.2) is 24.5 Å². The molecule has 0 radical (unpaired) electrons. The van der Waals surface area contributed by atoms with Gasteiger partial charge in [-0.2, -0.15) is 0 Å². The topological polar surface area (TPSA) is 25.8 Å². The van der Waals surface area contributed by atoms with Crippen LogP contribution in [0.3, 0.4) is 0 Å². The van der Waals surface area contributed by atoms with Crippen molar-refractivity contribution in [3.05, 3.63) is 33.8 Å². The van der Waals surface area contributed by atoms with E-state index in [0.29, 0.717) is 0 Å². The number of fused-ring (bicyclic) bond motifs is 1. The fourth-order valence-corrected chi connectivity index (χ4v) is 1.77. The average Bonchev–Trinajstić information content (AvgIpc) is 2.07. The predicted molar refractivity (Wildman–Crippen MR) is 57.0 cm³/mol. The first-order chi connectivity index (χ1) is 5.79. The summed E-state index contributed by atoms with van der Waals surface area (Å²) in [6.45, 7) is 2.08. The van der Waals surface area contributed by atoms with Crippen molar-refractivity contribution in [1.29, 1.82) is 0 Å². The summed E-state index contributed by atoms with van der Waals surface area (Å²) in [5.41, 5.74) is 2.25. The number of hydrogen-bond acceptors (Lipinski definition) is 2. The maximum Gasteiger partial charge on any atom is 0.127 e. The monoisotopic (exact) mass is 270 g/mol. The lowest BCUT2D eigenvalue weighted by molar-refractivity contribution is 1.25. The molecule has 0 amide bonds. The molecule has 0 aliphatic carbocycles. The molecule has 60 valence electrons. The lowest BCUT2D eigenvalue weighted by Crippen LogP contribution is -1.87. The van der Waals surface area contributed by atoms with Gasteiger partial charge in [-0.3, -0.25) is 4.98 Å². The molecule has 12 heavy (non-hydrogen) atoms. The summed E-state index contributed by atoms with van der Waals surface area (Å²) in [6, 6.07) is 4.01. The van der Waals surface area contributed by atoms with Crippen molar-refractivity contribution in [2.75, 3.05) is 0 Å². The molecule has 0 saturated heterocycles. The largest absolute Gasteiger partial charge is 0.253 e. The zero-order valence-corrected chi connectivity index (χ0v) is 8.74. The number of rotatable bonds is 0. The molecule has 0 atom stereocenters. The maximum absolute atomic E-state index is 4.27. The minimum atomic E-state index is 0.966. The Morgan fingerprint density at radius 1 is 1.17 bits per heavy atom. The molecule has 0 bridgehead atoms. The van der Waals surface area contributed by atoms with Gasteiger partial charge in [0.2, 0.25) is 0 Å². The third-order valence-corrected chi connectivity index (χ3v) is 2.62. The first-order valence-electron chi connectivity index (χ1n) is 3.65. The molecule has 0 N–H and O–H groups in total. The van der Waals surface area contributed by atoms with Gasteiger partial charge in [0.1, 0.15) is 9.22 Å². The molecule has 2 heterocycles. The fraction of sp³-hybridized carbons (Fsp3) is 0.111. The SMILES string of the molecule is Cc1ccnc2c(I)nccc12. The van der Waals surface area contributed by atoms with E-state index in [0.717, 1.165) is 9.22 Å². The van der Waals surface area contributed by atoms with Crippen LogP contribution in [0.25, 0.3) is 10.9 Å². The Morgan fingerprint density at radius 3 is 2.67 bits per heavy atom. The summed E-state index contributed by atoms with van der Waals surface area (Å²) in [5.74, 6) is 0. The van der Waals surface area contributed by atoms with Crippen LogP contribution >= 0.6 is 22.6 Å². The molecule has 2 aromatic heterocycles. The van der Waals surface area contributed by atoms with Gasteiger partial charge in [-0.15, -0.1) is 0 Å². The zero-order valence-electron chi connectivity index (χ0n) is 6.58. The number of nitrogens with zero attached hydrogens (tertiary/aromatic N) is 2. The van der Waals surface area contributed by atoms with E-state index in [-0.39, 0.29) is 0 Å². The second-order valence-electron chi connectivity index (χ2n) is 2.63. The van der Waals surface area contributed by atoms with Crippen molar-refractivity contribution in [2.24, 2.45) is 0 Å². The lowest BCUT2D eigenvalue weighted by Gasteiger charge is -2.00. The highest BCUT2D eigenvalue weighted by Crippen LogP contribution is 2.18. The van der Waals surface area contributed by atoms with Gasteiger partial charge in [-0.25, -0.2) is 4.98 Å². The van der Waals surface area contributed by atoms with E-state index in [1.54, 1.807) is 0 Å². The van der Waals surface area contributed by atoms with Crippen molar-refractivity contribution < 1.29 is 0 Å². The number of halogens is 1. The highest BCUT2D eigenvalue weighted by molar-refractivity contribution is 14.1. The van der Waals surface area contributed by atoms with Gasteiger partial charge in [0.25, 0.3) is 0 Å². The van der Waals surface area contributed by atoms with E-state index < -0.39 is 0 Å². The van der Waals surface area contributed by atoms with Crippen molar-refractivity contribution in [2.45, 2.75) is 6.92 Å². The molecule has 0 fully saturated rings. The molecule has 2 aromatic rings. The molecule has 2 nitrogen and oxygen atoms in total. The van der Waals surface area contributed by atoms with Crippen LogP contribution in [-0.4, -0.2) is 9.97 Å². The molecular weight excluding hydrogens is 263 g/mol. The second-order valence-corrected chi connectivity index (χ2v) is 3.65. The molecular formula is C9H7IN2. The minimum Gasteiger partial charge on any atom is -0.253 e. The third kappa shape index (κ3) is 1.18. The Bertz CT molecular complexity index is 385. The van der Waals surface area contributed by atoms with Crippen LogP contribution in [0.5, 0.6) is 0 Å². The summed E-state index contributed by atoms with van der Waals surface area (Å²) >= 11 is 2.20. The van der Waals surface area contributed by atoms with E-state index in [4.69, 9.17) is 0 Å². The summed E-state index contributed by atoms with van der Waals surface area (Å²) in [5, 5.41) is 1.19. The second kappa shape index (κ2) is 2.97. The maximum atomic E-state index is 4.27. The highest BCUT2D eigenvalue weighted by atomic mass is 127. The van der Waals surface area contributed by atoms with Gasteiger partial charge in [0.05, 0.1) is 0 Å². The smallest absolute Gasteiger partial charge is 0.127 e. The van der Waals surface area contributed by atoms with Crippen molar-refractivity contribution >= 4 is 33.5 Å². The van der Waals surface area contributed by atoms with Crippen molar-refractivity contribution in [1.82, 2.24) is 9.97 Å². The van der Waals surface area contributed by atoms with Crippen LogP contribution in [-0.2, 0) is 0 Å². The first-order valence-corrected chi connectivity index (χ1v) is 4.73. The van der Waals surface area contributed by atoms with E-state index in [1.165, 1.54) is 10.9 Å². The van der Waals surface area contributed by atoms with E-state index in [2.05, 4.69) is 39.5 Å². The Kier molecular flexibility index (Phi) is 1.96. The minimum absolute atomic E-state index is 0.966. The number of pyridine rings is 2. The van der Waals surface area contributed by atoms with Gasteiger partial charge in [-0.1, -0.05) is 0 Å². The fourth-order valence-electron chi connectivity index (χ4n) is 1.18. The van der Waals surface area contributed by atoms with E-state index in [1.807, 2.05) is 24.5 Å². The number of aromatic nitrogens is 2. The van der Waals surface area contributed by atoms with E-state index in [9.17, 15) is 0 Å². The van der Waals surface area contributed by atoms with Crippen molar-refractivity contribution in [3.63, 3.8) is 0 Å². The van der Waals surface area contributed by atoms with Crippen LogP contribution in [0.2, 0.25) is 0 Å². The van der Waals surface area contributed by atoms with Gasteiger partial charge >= 0.3 is 0 Å². The molecule has 0 aromatic carbocycles.